The molecule has 1 rings (SSSR count). The summed E-state index contributed by atoms with van der Waals surface area (Å²) in [4.78, 5) is 22.1. The number of hydrogen-bond donors (Lipinski definition) is 3. The van der Waals surface area contributed by atoms with Crippen molar-refractivity contribution in [3.63, 3.8) is 0 Å². The van der Waals surface area contributed by atoms with Gasteiger partial charge < -0.3 is 21.5 Å². The van der Waals surface area contributed by atoms with Crippen molar-refractivity contribution in [3.8, 4) is 0 Å². The minimum absolute atomic E-state index is 0.150. The number of amides is 2. The molecule has 0 saturated carbocycles. The molecule has 0 atom stereocenters. The van der Waals surface area contributed by atoms with Crippen LogP contribution in [0.25, 0.3) is 0 Å². The van der Waals surface area contributed by atoms with Crippen LogP contribution in [0.1, 0.15) is 10.4 Å². The highest BCUT2D eigenvalue weighted by molar-refractivity contribution is 9.10. The molecule has 0 aliphatic carbocycles. The molecule has 0 aliphatic rings. The molecule has 0 bridgehead atoms. The number of ether oxygens (including phenoxy) is 1. The maximum atomic E-state index is 11.7. The van der Waals surface area contributed by atoms with E-state index in [0.717, 1.165) is 0 Å². The Morgan fingerprint density at radius 3 is 2.72 bits per heavy atom. The van der Waals surface area contributed by atoms with Crippen molar-refractivity contribution in [3.05, 3.63) is 28.2 Å². The molecule has 6 nitrogen and oxygen atoms in total. The average Bonchev–Trinajstić information content (AvgIpc) is 2.31. The van der Waals surface area contributed by atoms with Gasteiger partial charge >= 0.3 is 0 Å². The molecule has 18 heavy (non-hydrogen) atoms. The van der Waals surface area contributed by atoms with Crippen molar-refractivity contribution < 1.29 is 14.3 Å². The first-order chi connectivity index (χ1) is 8.50. The molecule has 0 unspecified atom stereocenters. The normalized spacial score (nSPS) is 10.1. The summed E-state index contributed by atoms with van der Waals surface area (Å²) in [5, 5.41) is 2.64. The summed E-state index contributed by atoms with van der Waals surface area (Å²) in [6.07, 6.45) is 0. The van der Waals surface area contributed by atoms with Gasteiger partial charge in [0.25, 0.3) is 5.91 Å². The van der Waals surface area contributed by atoms with Gasteiger partial charge in [-0.1, -0.05) is 0 Å². The predicted molar refractivity (Wildman–Crippen MR) is 70.9 cm³/mol. The summed E-state index contributed by atoms with van der Waals surface area (Å²) in [6.45, 7) is 0.377. The first kappa shape index (κ1) is 14.5. The zero-order valence-corrected chi connectivity index (χ0v) is 11.2. The average molecular weight is 316 g/mol. The van der Waals surface area contributed by atoms with Gasteiger partial charge in [-0.05, 0) is 34.1 Å². The van der Waals surface area contributed by atoms with Crippen LogP contribution in [0.15, 0.2) is 22.7 Å². The van der Waals surface area contributed by atoms with Gasteiger partial charge in [-0.3, -0.25) is 9.59 Å². The van der Waals surface area contributed by atoms with E-state index in [4.69, 9.17) is 16.2 Å². The molecular formula is C11H14BrN3O3. The molecule has 0 fully saturated rings. The first-order valence-electron chi connectivity index (χ1n) is 5.20. The number of anilines is 1. The van der Waals surface area contributed by atoms with Crippen molar-refractivity contribution in [2.24, 2.45) is 5.73 Å². The van der Waals surface area contributed by atoms with Crippen LogP contribution >= 0.6 is 15.9 Å². The van der Waals surface area contributed by atoms with E-state index in [2.05, 4.69) is 21.2 Å². The number of primary amides is 1. The zero-order valence-electron chi connectivity index (χ0n) is 9.61. The van der Waals surface area contributed by atoms with Gasteiger partial charge in [0.2, 0.25) is 5.91 Å². The second-order valence-electron chi connectivity index (χ2n) is 3.51. The Hall–Kier alpha value is -1.60. The number of nitrogens with one attached hydrogen (secondary N) is 1. The van der Waals surface area contributed by atoms with E-state index in [1.165, 1.54) is 0 Å². The summed E-state index contributed by atoms with van der Waals surface area (Å²) >= 11 is 3.24. The van der Waals surface area contributed by atoms with Gasteiger partial charge in [0, 0.05) is 22.3 Å². The van der Waals surface area contributed by atoms with Gasteiger partial charge in [0.15, 0.2) is 0 Å². The van der Waals surface area contributed by atoms with Crippen LogP contribution in [0.2, 0.25) is 0 Å². The highest BCUT2D eigenvalue weighted by Crippen LogP contribution is 2.20. The SMILES string of the molecule is NC(=O)COCCNC(=O)c1ccc(N)c(Br)c1. The number of halogens is 1. The number of carbonyl (C=O) groups excluding carboxylic acids is 2. The van der Waals surface area contributed by atoms with Gasteiger partial charge in [-0.2, -0.15) is 0 Å². The van der Waals surface area contributed by atoms with E-state index in [1.54, 1.807) is 18.2 Å². The molecule has 0 saturated heterocycles. The molecule has 98 valence electrons. The standard InChI is InChI=1S/C11H14BrN3O3/c12-8-5-7(1-2-9(8)13)11(17)15-3-4-18-6-10(14)16/h1-2,5H,3-4,6,13H2,(H2,14,16)(H,15,17). The van der Waals surface area contributed by atoms with Gasteiger partial charge in [0.05, 0.1) is 6.61 Å². The van der Waals surface area contributed by atoms with Gasteiger partial charge in [-0.15, -0.1) is 0 Å². The number of nitrogen functional groups attached to an aromatic ring is 1. The zero-order chi connectivity index (χ0) is 13.5. The lowest BCUT2D eigenvalue weighted by Gasteiger charge is -2.06. The molecule has 0 aromatic heterocycles. The number of carbonyl (C=O) groups is 2. The van der Waals surface area contributed by atoms with Crippen molar-refractivity contribution in [2.75, 3.05) is 25.5 Å². The Morgan fingerprint density at radius 1 is 1.39 bits per heavy atom. The van der Waals surface area contributed by atoms with E-state index < -0.39 is 5.91 Å². The van der Waals surface area contributed by atoms with E-state index in [-0.39, 0.29) is 19.1 Å². The second kappa shape index (κ2) is 6.97. The highest BCUT2D eigenvalue weighted by Gasteiger charge is 2.06. The van der Waals surface area contributed by atoms with Crippen LogP contribution in [0.3, 0.4) is 0 Å². The Labute approximate surface area is 113 Å². The van der Waals surface area contributed by atoms with Crippen LogP contribution in [-0.2, 0) is 9.53 Å². The smallest absolute Gasteiger partial charge is 0.251 e. The summed E-state index contributed by atoms with van der Waals surface area (Å²) in [6, 6.07) is 4.90. The summed E-state index contributed by atoms with van der Waals surface area (Å²) in [7, 11) is 0. The van der Waals surface area contributed by atoms with Crippen LogP contribution in [-0.4, -0.2) is 31.6 Å². The predicted octanol–water partition coefficient (Wildman–Crippen LogP) is 0.263. The molecule has 0 aliphatic heterocycles. The summed E-state index contributed by atoms with van der Waals surface area (Å²) in [5.41, 5.74) is 11.6. The van der Waals surface area contributed by atoms with Gasteiger partial charge in [0.1, 0.15) is 6.61 Å². The van der Waals surface area contributed by atoms with E-state index >= 15 is 0 Å². The molecule has 1 aromatic rings. The Morgan fingerprint density at radius 2 is 2.11 bits per heavy atom. The fraction of sp³-hybridized carbons (Fsp3) is 0.273. The molecule has 5 N–H and O–H groups in total. The van der Waals surface area contributed by atoms with Gasteiger partial charge in [-0.25, -0.2) is 0 Å². The lowest BCUT2D eigenvalue weighted by Crippen LogP contribution is -2.28. The monoisotopic (exact) mass is 315 g/mol. The third-order valence-electron chi connectivity index (χ3n) is 2.04. The number of rotatable bonds is 6. The molecule has 7 heteroatoms. The van der Waals surface area contributed by atoms with Crippen LogP contribution in [0.4, 0.5) is 5.69 Å². The fourth-order valence-electron chi connectivity index (χ4n) is 1.18. The Balaban J connectivity index is 2.36. The summed E-state index contributed by atoms with van der Waals surface area (Å²) in [5.74, 6) is -0.776. The number of nitrogens with two attached hydrogens (primary N) is 2. The van der Waals surface area contributed by atoms with E-state index in [0.29, 0.717) is 22.3 Å². The first-order valence-corrected chi connectivity index (χ1v) is 5.99. The molecule has 2 amide bonds. The Bertz CT molecular complexity index is 451. The van der Waals surface area contributed by atoms with E-state index in [1.807, 2.05) is 0 Å². The third kappa shape index (κ3) is 4.72. The van der Waals surface area contributed by atoms with Crippen LogP contribution in [0.5, 0.6) is 0 Å². The maximum absolute atomic E-state index is 11.7. The number of benzene rings is 1. The molecule has 0 spiro atoms. The minimum atomic E-state index is -0.538. The van der Waals surface area contributed by atoms with Crippen molar-refractivity contribution in [2.45, 2.75) is 0 Å². The molecular weight excluding hydrogens is 302 g/mol. The maximum Gasteiger partial charge on any atom is 0.251 e. The third-order valence-corrected chi connectivity index (χ3v) is 2.73. The highest BCUT2D eigenvalue weighted by atomic mass is 79.9. The van der Waals surface area contributed by atoms with Crippen LogP contribution < -0.4 is 16.8 Å². The topological polar surface area (TPSA) is 107 Å². The molecule has 0 heterocycles. The lowest BCUT2D eigenvalue weighted by atomic mass is 10.2. The molecule has 0 radical (unpaired) electrons. The van der Waals surface area contributed by atoms with E-state index in [9.17, 15) is 9.59 Å². The van der Waals surface area contributed by atoms with Crippen molar-refractivity contribution in [1.82, 2.24) is 5.32 Å². The molecule has 1 aromatic carbocycles. The minimum Gasteiger partial charge on any atom is -0.398 e. The second-order valence-corrected chi connectivity index (χ2v) is 4.37. The van der Waals surface area contributed by atoms with Crippen molar-refractivity contribution >= 4 is 33.4 Å². The Kier molecular flexibility index (Phi) is 5.60. The quantitative estimate of drug-likeness (QED) is 0.517. The fourth-order valence-corrected chi connectivity index (χ4v) is 1.56. The lowest BCUT2D eigenvalue weighted by molar-refractivity contribution is -0.122. The van der Waals surface area contributed by atoms with Crippen LogP contribution in [0, 0.1) is 0 Å². The largest absolute Gasteiger partial charge is 0.398 e. The number of hydrogen-bond acceptors (Lipinski definition) is 4. The summed E-state index contributed by atoms with van der Waals surface area (Å²) < 4.78 is 5.57. The van der Waals surface area contributed by atoms with Crippen molar-refractivity contribution in [1.29, 1.82) is 0 Å².